The molecule has 0 rings (SSSR count). The molecule has 0 radical (unpaired) electrons. The van der Waals surface area contributed by atoms with Crippen LogP contribution in [0, 0.1) is 5.92 Å². The van der Waals surface area contributed by atoms with Gasteiger partial charge in [-0.3, -0.25) is 0 Å². The molecule has 0 aliphatic rings. The van der Waals surface area contributed by atoms with E-state index in [0.29, 0.717) is 0 Å². The summed E-state index contributed by atoms with van der Waals surface area (Å²) in [5.74, 6) is -2.06. The van der Waals surface area contributed by atoms with E-state index in [4.69, 9.17) is 5.73 Å². The van der Waals surface area contributed by atoms with Crippen LogP contribution in [-0.4, -0.2) is 29.6 Å². The maximum Gasteiger partial charge on any atom is 0.490 e. The van der Waals surface area contributed by atoms with Crippen molar-refractivity contribution in [3.63, 3.8) is 0 Å². The molecule has 7 heteroatoms. The van der Waals surface area contributed by atoms with E-state index in [-0.39, 0.29) is 10.7 Å². The van der Waals surface area contributed by atoms with Crippen LogP contribution in [0.15, 0.2) is 0 Å². The highest BCUT2D eigenvalue weighted by molar-refractivity contribution is 9.09. The molecule has 0 saturated carbocycles. The summed E-state index contributed by atoms with van der Waals surface area (Å²) in [6, 6.07) is -0.656. The molecule has 0 aromatic carbocycles. The Labute approximate surface area is 94.3 Å². The van der Waals surface area contributed by atoms with Crippen molar-refractivity contribution in [2.45, 2.75) is 30.9 Å². The third-order valence-electron chi connectivity index (χ3n) is 1.68. The first-order valence-corrected chi connectivity index (χ1v) is 5.21. The molecule has 0 aromatic heterocycles. The molecule has 15 heavy (non-hydrogen) atoms. The number of alkyl halides is 4. The van der Waals surface area contributed by atoms with E-state index >= 15 is 0 Å². The lowest BCUT2D eigenvalue weighted by Crippen LogP contribution is -2.40. The Morgan fingerprint density at radius 1 is 1.47 bits per heavy atom. The van der Waals surface area contributed by atoms with Gasteiger partial charge in [-0.2, -0.15) is 13.2 Å². The number of carbonyl (C=O) groups excluding carboxylic acids is 1. The van der Waals surface area contributed by atoms with Crippen LogP contribution in [0.4, 0.5) is 13.2 Å². The van der Waals surface area contributed by atoms with Gasteiger partial charge in [0.25, 0.3) is 0 Å². The maximum absolute atomic E-state index is 11.7. The number of rotatable bonds is 4. The summed E-state index contributed by atoms with van der Waals surface area (Å²) in [5, 5.41) is 0. The molecule has 2 unspecified atom stereocenters. The standard InChI is InChI=1S/C8H13BrF3NO2/c1-4(2)6(9)5(13)3-15-7(14)8(10,11)12/h4-6H,3,13H2,1-2H3. The second-order valence-corrected chi connectivity index (χ2v) is 4.51. The van der Waals surface area contributed by atoms with Gasteiger partial charge in [-0.25, -0.2) is 4.79 Å². The second-order valence-electron chi connectivity index (χ2n) is 3.45. The van der Waals surface area contributed by atoms with Crippen LogP contribution in [0.3, 0.4) is 0 Å². The molecule has 0 aliphatic carbocycles. The summed E-state index contributed by atoms with van der Waals surface area (Å²) in [6.45, 7) is 3.25. The molecule has 0 bridgehead atoms. The fourth-order valence-corrected chi connectivity index (χ4v) is 0.993. The van der Waals surface area contributed by atoms with Crippen molar-refractivity contribution in [3.05, 3.63) is 0 Å². The van der Waals surface area contributed by atoms with Gasteiger partial charge in [-0.15, -0.1) is 0 Å². The van der Waals surface area contributed by atoms with Crippen molar-refractivity contribution in [2.75, 3.05) is 6.61 Å². The van der Waals surface area contributed by atoms with Crippen LogP contribution in [0.1, 0.15) is 13.8 Å². The topological polar surface area (TPSA) is 52.3 Å². The lowest BCUT2D eigenvalue weighted by Gasteiger charge is -2.21. The fraction of sp³-hybridized carbons (Fsp3) is 0.875. The molecule has 0 saturated heterocycles. The Morgan fingerprint density at radius 2 is 1.93 bits per heavy atom. The number of carbonyl (C=O) groups is 1. The van der Waals surface area contributed by atoms with E-state index in [1.54, 1.807) is 0 Å². The molecular weight excluding hydrogens is 279 g/mol. The molecule has 0 heterocycles. The highest BCUT2D eigenvalue weighted by Gasteiger charge is 2.41. The molecule has 0 spiro atoms. The van der Waals surface area contributed by atoms with E-state index in [2.05, 4.69) is 20.7 Å². The van der Waals surface area contributed by atoms with Crippen molar-refractivity contribution in [3.8, 4) is 0 Å². The maximum atomic E-state index is 11.7. The van der Waals surface area contributed by atoms with E-state index in [1.807, 2.05) is 13.8 Å². The number of ether oxygens (including phenoxy) is 1. The number of halogens is 4. The minimum absolute atomic E-state index is 0.143. The van der Waals surface area contributed by atoms with Crippen molar-refractivity contribution in [2.24, 2.45) is 11.7 Å². The Bertz CT molecular complexity index is 220. The van der Waals surface area contributed by atoms with Gasteiger partial charge >= 0.3 is 12.1 Å². The Morgan fingerprint density at radius 3 is 2.27 bits per heavy atom. The molecule has 0 fully saturated rings. The summed E-state index contributed by atoms with van der Waals surface area (Å²) < 4.78 is 39.2. The average molecular weight is 292 g/mol. The molecule has 2 N–H and O–H groups in total. The summed E-state index contributed by atoms with van der Waals surface area (Å²) in [4.78, 5) is 10.1. The quantitative estimate of drug-likeness (QED) is 0.635. The molecular formula is C8H13BrF3NO2. The molecule has 2 atom stereocenters. The SMILES string of the molecule is CC(C)C(Br)C(N)COC(=O)C(F)(F)F. The number of hydrogen-bond donors (Lipinski definition) is 1. The van der Waals surface area contributed by atoms with Gasteiger partial charge in [0.05, 0.1) is 6.04 Å². The summed E-state index contributed by atoms with van der Waals surface area (Å²) in [6.07, 6.45) is -4.96. The van der Waals surface area contributed by atoms with E-state index in [1.165, 1.54) is 0 Å². The van der Waals surface area contributed by atoms with Gasteiger partial charge in [-0.1, -0.05) is 29.8 Å². The fourth-order valence-electron chi connectivity index (χ4n) is 0.840. The van der Waals surface area contributed by atoms with Crippen molar-refractivity contribution >= 4 is 21.9 Å². The molecule has 0 amide bonds. The van der Waals surface area contributed by atoms with Gasteiger partial charge < -0.3 is 10.5 Å². The third-order valence-corrected chi connectivity index (χ3v) is 3.42. The van der Waals surface area contributed by atoms with Crippen LogP contribution in [0.5, 0.6) is 0 Å². The predicted octanol–water partition coefficient (Wildman–Crippen LogP) is 1.84. The number of nitrogens with two attached hydrogens (primary N) is 1. The first-order valence-electron chi connectivity index (χ1n) is 4.30. The van der Waals surface area contributed by atoms with E-state index in [0.717, 1.165) is 0 Å². The lowest BCUT2D eigenvalue weighted by molar-refractivity contribution is -0.200. The monoisotopic (exact) mass is 291 g/mol. The van der Waals surface area contributed by atoms with Gasteiger partial charge in [0.1, 0.15) is 6.61 Å². The molecule has 0 aromatic rings. The first-order chi connectivity index (χ1) is 6.66. The minimum atomic E-state index is -4.96. The van der Waals surface area contributed by atoms with E-state index in [9.17, 15) is 18.0 Å². The normalized spacial score (nSPS) is 16.3. The highest BCUT2D eigenvalue weighted by atomic mass is 79.9. The van der Waals surface area contributed by atoms with Gasteiger partial charge in [0.15, 0.2) is 0 Å². The van der Waals surface area contributed by atoms with Gasteiger partial charge in [-0.05, 0) is 5.92 Å². The van der Waals surface area contributed by atoms with Crippen LogP contribution in [0.2, 0.25) is 0 Å². The zero-order chi connectivity index (χ0) is 12.2. The Kier molecular flexibility index (Phi) is 5.58. The highest BCUT2D eigenvalue weighted by Crippen LogP contribution is 2.18. The van der Waals surface area contributed by atoms with Crippen LogP contribution >= 0.6 is 15.9 Å². The van der Waals surface area contributed by atoms with Crippen molar-refractivity contribution in [1.82, 2.24) is 0 Å². The van der Waals surface area contributed by atoms with Crippen LogP contribution in [0.25, 0.3) is 0 Å². The second kappa shape index (κ2) is 5.69. The van der Waals surface area contributed by atoms with Crippen molar-refractivity contribution in [1.29, 1.82) is 0 Å². The molecule has 3 nitrogen and oxygen atoms in total. The zero-order valence-corrected chi connectivity index (χ0v) is 9.93. The zero-order valence-electron chi connectivity index (χ0n) is 8.34. The molecule has 0 aliphatic heterocycles. The predicted molar refractivity (Wildman–Crippen MR) is 52.5 cm³/mol. The number of hydrogen-bond acceptors (Lipinski definition) is 3. The Hall–Kier alpha value is -0.300. The summed E-state index contributed by atoms with van der Waals surface area (Å²) >= 11 is 3.21. The smallest absolute Gasteiger partial charge is 0.457 e. The van der Waals surface area contributed by atoms with E-state index < -0.39 is 24.8 Å². The number of esters is 1. The molecule has 90 valence electrons. The third kappa shape index (κ3) is 5.36. The van der Waals surface area contributed by atoms with Gasteiger partial charge in [0, 0.05) is 4.83 Å². The lowest BCUT2D eigenvalue weighted by atomic mass is 10.1. The average Bonchev–Trinajstić information content (AvgIpc) is 2.10. The summed E-state index contributed by atoms with van der Waals surface area (Å²) in [5.41, 5.74) is 5.52. The largest absolute Gasteiger partial charge is 0.490 e. The minimum Gasteiger partial charge on any atom is -0.457 e. The van der Waals surface area contributed by atoms with Crippen LogP contribution < -0.4 is 5.73 Å². The van der Waals surface area contributed by atoms with Gasteiger partial charge in [0.2, 0.25) is 0 Å². The van der Waals surface area contributed by atoms with Crippen LogP contribution in [-0.2, 0) is 9.53 Å². The summed E-state index contributed by atoms with van der Waals surface area (Å²) in [7, 11) is 0. The first kappa shape index (κ1) is 14.7. The Balaban J connectivity index is 4.02. The van der Waals surface area contributed by atoms with Crippen molar-refractivity contribution < 1.29 is 22.7 Å².